The number of hydrogen-bond donors (Lipinski definition) is 0. The number of Topliss-reactive ketones (excluding diaryl/α,β-unsaturated/α-hetero) is 1. The number of esters is 1. The van der Waals surface area contributed by atoms with Crippen LogP contribution in [0.15, 0.2) is 18.2 Å². The highest BCUT2D eigenvalue weighted by molar-refractivity contribution is 6.06. The van der Waals surface area contributed by atoms with E-state index in [1.807, 2.05) is 6.92 Å². The van der Waals surface area contributed by atoms with Crippen molar-refractivity contribution in [2.75, 3.05) is 7.11 Å². The standard InChI is InChI=1S/C12H14O3/c1-4-11(13)10-7-8(2)5-6-9(10)12(14)15-3/h5-7H,4H2,1-3H3. The maximum atomic E-state index is 11.6. The van der Waals surface area contributed by atoms with E-state index in [-0.39, 0.29) is 5.78 Å². The lowest BCUT2D eigenvalue weighted by atomic mass is 10.00. The fourth-order valence-electron chi connectivity index (χ4n) is 1.37. The lowest BCUT2D eigenvalue weighted by Crippen LogP contribution is -2.10. The number of carbonyl (C=O) groups excluding carboxylic acids is 2. The number of aryl methyl sites for hydroxylation is 1. The number of ketones is 1. The molecule has 0 saturated heterocycles. The van der Waals surface area contributed by atoms with Gasteiger partial charge >= 0.3 is 5.97 Å². The second-order valence-electron chi connectivity index (χ2n) is 3.32. The molecule has 0 radical (unpaired) electrons. The Morgan fingerprint density at radius 2 is 1.93 bits per heavy atom. The fourth-order valence-corrected chi connectivity index (χ4v) is 1.37. The summed E-state index contributed by atoms with van der Waals surface area (Å²) in [4.78, 5) is 23.0. The molecule has 15 heavy (non-hydrogen) atoms. The maximum absolute atomic E-state index is 11.6. The summed E-state index contributed by atoms with van der Waals surface area (Å²) in [6, 6.07) is 5.14. The molecular formula is C12H14O3. The van der Waals surface area contributed by atoms with Crippen LogP contribution in [0.25, 0.3) is 0 Å². The second-order valence-corrected chi connectivity index (χ2v) is 3.32. The third-order valence-electron chi connectivity index (χ3n) is 2.20. The van der Waals surface area contributed by atoms with Gasteiger partial charge in [0.25, 0.3) is 0 Å². The number of methoxy groups -OCH3 is 1. The van der Waals surface area contributed by atoms with E-state index in [1.165, 1.54) is 7.11 Å². The Hall–Kier alpha value is -1.64. The van der Waals surface area contributed by atoms with Gasteiger partial charge in [-0.15, -0.1) is 0 Å². The Kier molecular flexibility index (Phi) is 3.61. The Morgan fingerprint density at radius 3 is 2.47 bits per heavy atom. The largest absolute Gasteiger partial charge is 0.465 e. The average Bonchev–Trinajstić information content (AvgIpc) is 2.26. The first-order valence-corrected chi connectivity index (χ1v) is 4.82. The van der Waals surface area contributed by atoms with E-state index in [4.69, 9.17) is 0 Å². The number of rotatable bonds is 3. The number of hydrogen-bond acceptors (Lipinski definition) is 3. The molecular weight excluding hydrogens is 192 g/mol. The van der Waals surface area contributed by atoms with Crippen molar-refractivity contribution in [2.45, 2.75) is 20.3 Å². The molecule has 0 fully saturated rings. The van der Waals surface area contributed by atoms with Crippen LogP contribution in [0.1, 0.15) is 39.6 Å². The lowest BCUT2D eigenvalue weighted by Gasteiger charge is -2.06. The number of carbonyl (C=O) groups is 2. The van der Waals surface area contributed by atoms with Crippen molar-refractivity contribution in [3.05, 3.63) is 34.9 Å². The molecule has 0 atom stereocenters. The SMILES string of the molecule is CCC(=O)c1cc(C)ccc1C(=O)OC. The first-order chi connectivity index (χ1) is 7.10. The Balaban J connectivity index is 3.26. The predicted octanol–water partition coefficient (Wildman–Crippen LogP) is 2.37. The van der Waals surface area contributed by atoms with Crippen LogP contribution >= 0.6 is 0 Å². The van der Waals surface area contributed by atoms with Gasteiger partial charge in [0.15, 0.2) is 5.78 Å². The monoisotopic (exact) mass is 206 g/mol. The summed E-state index contributed by atoms with van der Waals surface area (Å²) in [6.45, 7) is 3.65. The van der Waals surface area contributed by atoms with Crippen LogP contribution in [0.5, 0.6) is 0 Å². The summed E-state index contributed by atoms with van der Waals surface area (Å²) in [6.07, 6.45) is 0.382. The normalized spacial score (nSPS) is 9.80. The highest BCUT2D eigenvalue weighted by atomic mass is 16.5. The molecule has 0 heterocycles. The topological polar surface area (TPSA) is 43.4 Å². The third-order valence-corrected chi connectivity index (χ3v) is 2.20. The van der Waals surface area contributed by atoms with Crippen molar-refractivity contribution >= 4 is 11.8 Å². The Bertz CT molecular complexity index is 394. The van der Waals surface area contributed by atoms with Gasteiger partial charge in [-0.25, -0.2) is 4.79 Å². The molecule has 1 aromatic rings. The van der Waals surface area contributed by atoms with Crippen molar-refractivity contribution in [3.63, 3.8) is 0 Å². The number of ether oxygens (including phenoxy) is 1. The van der Waals surface area contributed by atoms with Gasteiger partial charge in [-0.1, -0.05) is 18.6 Å². The summed E-state index contributed by atoms with van der Waals surface area (Å²) in [5, 5.41) is 0. The van der Waals surface area contributed by atoms with E-state index >= 15 is 0 Å². The van der Waals surface area contributed by atoms with E-state index in [2.05, 4.69) is 4.74 Å². The van der Waals surface area contributed by atoms with Crippen molar-refractivity contribution in [3.8, 4) is 0 Å². The van der Waals surface area contributed by atoms with Crippen LogP contribution in [0.3, 0.4) is 0 Å². The van der Waals surface area contributed by atoms with Crippen molar-refractivity contribution in [2.24, 2.45) is 0 Å². The van der Waals surface area contributed by atoms with Gasteiger partial charge in [0.1, 0.15) is 0 Å². The van der Waals surface area contributed by atoms with Crippen molar-refractivity contribution in [1.29, 1.82) is 0 Å². The molecule has 0 aliphatic rings. The van der Waals surface area contributed by atoms with Gasteiger partial charge in [0.2, 0.25) is 0 Å². The zero-order valence-electron chi connectivity index (χ0n) is 9.16. The third kappa shape index (κ3) is 2.43. The van der Waals surface area contributed by atoms with Gasteiger partial charge in [-0.3, -0.25) is 4.79 Å². The van der Waals surface area contributed by atoms with Crippen LogP contribution < -0.4 is 0 Å². The van der Waals surface area contributed by atoms with Gasteiger partial charge in [-0.2, -0.15) is 0 Å². The minimum absolute atomic E-state index is 0.0425. The van der Waals surface area contributed by atoms with Crippen molar-refractivity contribution < 1.29 is 14.3 Å². The van der Waals surface area contributed by atoms with E-state index in [1.54, 1.807) is 25.1 Å². The molecule has 0 saturated carbocycles. The first kappa shape index (κ1) is 11.4. The molecule has 80 valence electrons. The molecule has 0 aliphatic heterocycles. The first-order valence-electron chi connectivity index (χ1n) is 4.82. The van der Waals surface area contributed by atoms with E-state index < -0.39 is 5.97 Å². The van der Waals surface area contributed by atoms with Crippen LogP contribution in [0.4, 0.5) is 0 Å². The molecule has 3 heteroatoms. The lowest BCUT2D eigenvalue weighted by molar-refractivity contribution is 0.0597. The van der Waals surface area contributed by atoms with Crippen LogP contribution in [-0.2, 0) is 4.74 Å². The van der Waals surface area contributed by atoms with Gasteiger partial charge < -0.3 is 4.74 Å². The molecule has 0 bridgehead atoms. The zero-order chi connectivity index (χ0) is 11.4. The number of benzene rings is 1. The van der Waals surface area contributed by atoms with E-state index in [0.717, 1.165) is 5.56 Å². The summed E-state index contributed by atoms with van der Waals surface area (Å²) >= 11 is 0. The van der Waals surface area contributed by atoms with Crippen LogP contribution in [-0.4, -0.2) is 18.9 Å². The van der Waals surface area contributed by atoms with Gasteiger partial charge in [0, 0.05) is 12.0 Å². The van der Waals surface area contributed by atoms with Crippen LogP contribution in [0.2, 0.25) is 0 Å². The smallest absolute Gasteiger partial charge is 0.338 e. The molecule has 1 aromatic carbocycles. The zero-order valence-corrected chi connectivity index (χ0v) is 9.16. The summed E-state index contributed by atoms with van der Waals surface area (Å²) < 4.78 is 4.62. The minimum atomic E-state index is -0.466. The highest BCUT2D eigenvalue weighted by Gasteiger charge is 2.16. The van der Waals surface area contributed by atoms with Gasteiger partial charge in [-0.05, 0) is 19.1 Å². The van der Waals surface area contributed by atoms with Crippen LogP contribution in [0, 0.1) is 6.92 Å². The molecule has 0 N–H and O–H groups in total. The molecule has 0 spiro atoms. The van der Waals surface area contributed by atoms with Crippen molar-refractivity contribution in [1.82, 2.24) is 0 Å². The average molecular weight is 206 g/mol. The molecule has 3 nitrogen and oxygen atoms in total. The molecule has 0 aliphatic carbocycles. The summed E-state index contributed by atoms with van der Waals surface area (Å²) in [7, 11) is 1.31. The Labute approximate surface area is 89.1 Å². The molecule has 0 unspecified atom stereocenters. The quantitative estimate of drug-likeness (QED) is 0.563. The molecule has 0 aromatic heterocycles. The summed E-state index contributed by atoms with van der Waals surface area (Å²) in [5.74, 6) is -0.508. The molecule has 1 rings (SSSR count). The van der Waals surface area contributed by atoms with E-state index in [0.29, 0.717) is 17.5 Å². The summed E-state index contributed by atoms with van der Waals surface area (Å²) in [5.41, 5.74) is 1.75. The Morgan fingerprint density at radius 1 is 1.27 bits per heavy atom. The molecule has 0 amide bonds. The second kappa shape index (κ2) is 4.73. The maximum Gasteiger partial charge on any atom is 0.338 e. The fraction of sp³-hybridized carbons (Fsp3) is 0.333. The minimum Gasteiger partial charge on any atom is -0.465 e. The van der Waals surface area contributed by atoms with Gasteiger partial charge in [0.05, 0.1) is 12.7 Å². The van der Waals surface area contributed by atoms with E-state index in [9.17, 15) is 9.59 Å². The predicted molar refractivity (Wildman–Crippen MR) is 57.1 cm³/mol. The highest BCUT2D eigenvalue weighted by Crippen LogP contribution is 2.14.